The molecule has 146 valence electrons. The fraction of sp³-hybridized carbons (Fsp3) is 0.524. The molecule has 3 rings (SSSR count). The predicted molar refractivity (Wildman–Crippen MR) is 114 cm³/mol. The molecule has 0 bridgehead atoms. The quantitative estimate of drug-likeness (QED) is 0.807. The molecule has 1 aromatic heterocycles. The molecule has 2 heterocycles. The second kappa shape index (κ2) is 9.04. The molecular weight excluding hydrogens is 336 g/mol. The van der Waals surface area contributed by atoms with Gasteiger partial charge in [-0.2, -0.15) is 4.98 Å². The van der Waals surface area contributed by atoms with Crippen molar-refractivity contribution in [2.24, 2.45) is 0 Å². The number of nitrogens with one attached hydrogen (secondary N) is 1. The monoisotopic (exact) mass is 368 g/mol. The highest BCUT2D eigenvalue weighted by Gasteiger charge is 2.14. The van der Waals surface area contributed by atoms with Crippen LogP contribution >= 0.6 is 0 Å². The molecule has 1 aliphatic heterocycles. The molecule has 1 fully saturated rings. The molecule has 0 amide bonds. The molecule has 0 saturated carbocycles. The van der Waals surface area contributed by atoms with Crippen molar-refractivity contribution in [1.29, 1.82) is 0 Å². The molecule has 6 heteroatoms. The van der Waals surface area contributed by atoms with Gasteiger partial charge in [0.1, 0.15) is 5.82 Å². The van der Waals surface area contributed by atoms with Crippen LogP contribution in [0.25, 0.3) is 0 Å². The van der Waals surface area contributed by atoms with Gasteiger partial charge in [-0.1, -0.05) is 13.3 Å². The zero-order valence-corrected chi connectivity index (χ0v) is 17.1. The third kappa shape index (κ3) is 5.32. The van der Waals surface area contributed by atoms with Crippen molar-refractivity contribution in [3.05, 3.63) is 36.0 Å². The van der Waals surface area contributed by atoms with Gasteiger partial charge in [0.25, 0.3) is 0 Å². The van der Waals surface area contributed by atoms with Crippen LogP contribution in [0.15, 0.2) is 30.3 Å². The van der Waals surface area contributed by atoms with Gasteiger partial charge in [-0.05, 0) is 44.7 Å². The highest BCUT2D eigenvalue weighted by Crippen LogP contribution is 2.22. The average Bonchev–Trinajstić information content (AvgIpc) is 2.67. The SMILES string of the molecule is CCCCN(C)c1nc(C)cc(Nc2ccc(N3CCN(C)CC3)cc2)n1. The van der Waals surface area contributed by atoms with E-state index in [-0.39, 0.29) is 0 Å². The summed E-state index contributed by atoms with van der Waals surface area (Å²) in [4.78, 5) is 16.2. The van der Waals surface area contributed by atoms with Crippen molar-refractivity contribution >= 4 is 23.1 Å². The molecule has 0 spiro atoms. The smallest absolute Gasteiger partial charge is 0.227 e. The first-order valence-electron chi connectivity index (χ1n) is 9.92. The van der Waals surface area contributed by atoms with Crippen LogP contribution in [0.5, 0.6) is 0 Å². The maximum Gasteiger partial charge on any atom is 0.227 e. The maximum atomic E-state index is 4.69. The standard InChI is InChI=1S/C21H32N6/c1-5-6-11-26(4)21-22-17(2)16-20(24-21)23-18-7-9-19(10-8-18)27-14-12-25(3)13-15-27/h7-10,16H,5-6,11-15H2,1-4H3,(H,22,23,24). The molecule has 1 aromatic carbocycles. The van der Waals surface area contributed by atoms with Crippen LogP contribution in [-0.4, -0.2) is 61.7 Å². The van der Waals surface area contributed by atoms with E-state index >= 15 is 0 Å². The van der Waals surface area contributed by atoms with Crippen LogP contribution in [0.2, 0.25) is 0 Å². The lowest BCUT2D eigenvalue weighted by molar-refractivity contribution is 0.313. The summed E-state index contributed by atoms with van der Waals surface area (Å²) in [5, 5.41) is 3.43. The number of hydrogen-bond acceptors (Lipinski definition) is 6. The molecule has 0 aliphatic carbocycles. The number of hydrogen-bond donors (Lipinski definition) is 1. The van der Waals surface area contributed by atoms with Crippen molar-refractivity contribution in [3.8, 4) is 0 Å². The second-order valence-electron chi connectivity index (χ2n) is 7.43. The van der Waals surface area contributed by atoms with E-state index in [1.165, 1.54) is 12.1 Å². The molecule has 1 aliphatic rings. The Bertz CT molecular complexity index is 722. The Hall–Kier alpha value is -2.34. The number of piperazine rings is 1. The lowest BCUT2D eigenvalue weighted by atomic mass is 10.2. The molecule has 2 aromatic rings. The molecule has 0 radical (unpaired) electrons. The average molecular weight is 369 g/mol. The number of rotatable bonds is 7. The summed E-state index contributed by atoms with van der Waals surface area (Å²) < 4.78 is 0. The van der Waals surface area contributed by atoms with Gasteiger partial charge in [-0.15, -0.1) is 0 Å². The predicted octanol–water partition coefficient (Wildman–Crippen LogP) is 3.52. The zero-order chi connectivity index (χ0) is 19.2. The van der Waals surface area contributed by atoms with E-state index in [0.29, 0.717) is 0 Å². The number of aromatic nitrogens is 2. The largest absolute Gasteiger partial charge is 0.369 e. The maximum absolute atomic E-state index is 4.69. The molecule has 6 nitrogen and oxygen atoms in total. The third-order valence-corrected chi connectivity index (χ3v) is 5.04. The highest BCUT2D eigenvalue weighted by molar-refractivity contribution is 5.61. The van der Waals surface area contributed by atoms with Crippen molar-refractivity contribution in [3.63, 3.8) is 0 Å². The Morgan fingerprint density at radius 2 is 1.78 bits per heavy atom. The first kappa shape index (κ1) is 19.4. The lowest BCUT2D eigenvalue weighted by Crippen LogP contribution is -2.44. The van der Waals surface area contributed by atoms with E-state index < -0.39 is 0 Å². The highest BCUT2D eigenvalue weighted by atomic mass is 15.3. The summed E-state index contributed by atoms with van der Waals surface area (Å²) in [5.74, 6) is 1.62. The number of benzene rings is 1. The van der Waals surface area contributed by atoms with Crippen LogP contribution in [0.4, 0.5) is 23.1 Å². The van der Waals surface area contributed by atoms with E-state index in [9.17, 15) is 0 Å². The van der Waals surface area contributed by atoms with Crippen molar-refractivity contribution in [2.45, 2.75) is 26.7 Å². The molecule has 0 unspecified atom stereocenters. The lowest BCUT2D eigenvalue weighted by Gasteiger charge is -2.34. The molecule has 1 saturated heterocycles. The van der Waals surface area contributed by atoms with Crippen LogP contribution in [0, 0.1) is 6.92 Å². The zero-order valence-electron chi connectivity index (χ0n) is 17.1. The van der Waals surface area contributed by atoms with Crippen molar-refractivity contribution in [1.82, 2.24) is 14.9 Å². The van der Waals surface area contributed by atoms with Crippen molar-refractivity contribution < 1.29 is 0 Å². The summed E-state index contributed by atoms with van der Waals surface area (Å²) in [6.45, 7) is 9.59. The number of unbranched alkanes of at least 4 members (excludes halogenated alkanes) is 1. The van der Waals surface area contributed by atoms with Gasteiger partial charge < -0.3 is 20.0 Å². The van der Waals surface area contributed by atoms with Crippen LogP contribution in [0.3, 0.4) is 0 Å². The normalized spacial score (nSPS) is 15.0. The molecule has 1 N–H and O–H groups in total. The first-order chi connectivity index (χ1) is 13.0. The molecule has 27 heavy (non-hydrogen) atoms. The molecular formula is C21H32N6. The van der Waals surface area contributed by atoms with Gasteiger partial charge in [0.05, 0.1) is 0 Å². The second-order valence-corrected chi connectivity index (χ2v) is 7.43. The fourth-order valence-corrected chi connectivity index (χ4v) is 3.25. The third-order valence-electron chi connectivity index (χ3n) is 5.04. The van der Waals surface area contributed by atoms with Crippen LogP contribution < -0.4 is 15.1 Å². The van der Waals surface area contributed by atoms with E-state index in [4.69, 9.17) is 4.98 Å². The number of likely N-dealkylation sites (N-methyl/N-ethyl adjacent to an activating group) is 1. The number of anilines is 4. The number of nitrogens with zero attached hydrogens (tertiary/aromatic N) is 5. The summed E-state index contributed by atoms with van der Waals surface area (Å²) in [6, 6.07) is 10.6. The topological polar surface area (TPSA) is 47.5 Å². The first-order valence-corrected chi connectivity index (χ1v) is 9.92. The van der Waals surface area contributed by atoms with Crippen LogP contribution in [-0.2, 0) is 0 Å². The minimum atomic E-state index is 0.778. The van der Waals surface area contributed by atoms with E-state index in [1.54, 1.807) is 0 Å². The summed E-state index contributed by atoms with van der Waals surface area (Å²) in [5.41, 5.74) is 3.31. The van der Waals surface area contributed by atoms with E-state index in [1.807, 2.05) is 13.0 Å². The minimum absolute atomic E-state index is 0.778. The minimum Gasteiger partial charge on any atom is -0.369 e. The fourth-order valence-electron chi connectivity index (χ4n) is 3.25. The van der Waals surface area contributed by atoms with Crippen molar-refractivity contribution in [2.75, 3.05) is 61.9 Å². The Morgan fingerprint density at radius 1 is 1.07 bits per heavy atom. The van der Waals surface area contributed by atoms with Gasteiger partial charge in [0, 0.05) is 62.9 Å². The summed E-state index contributed by atoms with van der Waals surface area (Å²) in [6.07, 6.45) is 2.31. The Kier molecular flexibility index (Phi) is 6.50. The van der Waals surface area contributed by atoms with Gasteiger partial charge >= 0.3 is 0 Å². The summed E-state index contributed by atoms with van der Waals surface area (Å²) >= 11 is 0. The van der Waals surface area contributed by atoms with Gasteiger partial charge in [0.15, 0.2) is 0 Å². The Balaban J connectivity index is 1.67. The summed E-state index contributed by atoms with van der Waals surface area (Å²) in [7, 11) is 4.24. The Labute approximate surface area is 163 Å². The van der Waals surface area contributed by atoms with Gasteiger partial charge in [0.2, 0.25) is 5.95 Å². The molecule has 0 atom stereocenters. The van der Waals surface area contributed by atoms with Gasteiger partial charge in [-0.3, -0.25) is 0 Å². The van der Waals surface area contributed by atoms with Gasteiger partial charge in [-0.25, -0.2) is 4.98 Å². The Morgan fingerprint density at radius 3 is 2.44 bits per heavy atom. The van der Waals surface area contributed by atoms with E-state index in [2.05, 4.69) is 70.3 Å². The van der Waals surface area contributed by atoms with Crippen LogP contribution in [0.1, 0.15) is 25.5 Å². The van der Waals surface area contributed by atoms with E-state index in [0.717, 1.165) is 62.3 Å². The number of aryl methyl sites for hydroxylation is 1.